The second kappa shape index (κ2) is 14.7. The number of aliphatic hydroxyl groups excluding tert-OH is 4. The van der Waals surface area contributed by atoms with Crippen LogP contribution in [-0.2, 0) is 37.9 Å². The van der Waals surface area contributed by atoms with Gasteiger partial charge in [0.25, 0.3) is 0 Å². The van der Waals surface area contributed by atoms with Crippen molar-refractivity contribution < 1.29 is 58.3 Å². The van der Waals surface area contributed by atoms with Crippen molar-refractivity contribution in [2.24, 2.45) is 0 Å². The van der Waals surface area contributed by atoms with Crippen LogP contribution in [-0.4, -0.2) is 124 Å². The number of hydrogen-bond donors (Lipinski definition) is 4. The van der Waals surface area contributed by atoms with E-state index >= 15 is 0 Å². The normalized spacial score (nSPS) is 43.8. The topological polar surface area (TPSA) is 155 Å². The highest BCUT2D eigenvalue weighted by atomic mass is 16.8. The minimum absolute atomic E-state index is 0.232. The highest BCUT2D eigenvalue weighted by molar-refractivity contribution is 5.05. The summed E-state index contributed by atoms with van der Waals surface area (Å²) in [6.07, 6.45) is 7.83. The van der Waals surface area contributed by atoms with Crippen LogP contribution in [0.2, 0.25) is 0 Å². The third-order valence-corrected chi connectivity index (χ3v) is 10.8. The first-order chi connectivity index (χ1) is 22.5. The number of aliphatic hydroxyl groups is 4. The van der Waals surface area contributed by atoms with Crippen molar-refractivity contribution in [1.82, 2.24) is 0 Å². The maximum atomic E-state index is 10.8. The molecule has 0 amide bonds. The van der Waals surface area contributed by atoms with E-state index in [1.807, 2.05) is 13.8 Å². The van der Waals surface area contributed by atoms with E-state index in [1.54, 1.807) is 12.2 Å². The molecule has 0 aromatic rings. The van der Waals surface area contributed by atoms with Crippen LogP contribution >= 0.6 is 0 Å². The van der Waals surface area contributed by atoms with Gasteiger partial charge in [0.15, 0.2) is 17.4 Å². The summed E-state index contributed by atoms with van der Waals surface area (Å²) in [4.78, 5) is 0. The van der Waals surface area contributed by atoms with Crippen molar-refractivity contribution in [2.75, 3.05) is 13.2 Å². The van der Waals surface area contributed by atoms with E-state index in [0.717, 1.165) is 57.8 Å². The van der Waals surface area contributed by atoms with Gasteiger partial charge in [-0.25, -0.2) is 0 Å². The molecule has 7 rings (SSSR count). The summed E-state index contributed by atoms with van der Waals surface area (Å²) < 4.78 is 48.8. The predicted octanol–water partition coefficient (Wildman–Crippen LogP) is 2.78. The molecule has 2 aliphatic carbocycles. The first kappa shape index (κ1) is 35.8. The molecule has 2 spiro atoms. The van der Waals surface area contributed by atoms with Crippen molar-refractivity contribution in [3.63, 3.8) is 0 Å². The third kappa shape index (κ3) is 7.41. The van der Waals surface area contributed by atoms with Gasteiger partial charge in [0.2, 0.25) is 0 Å². The summed E-state index contributed by atoms with van der Waals surface area (Å²) in [6, 6.07) is 0. The van der Waals surface area contributed by atoms with Gasteiger partial charge in [-0.3, -0.25) is 0 Å². The van der Waals surface area contributed by atoms with Gasteiger partial charge in [0.05, 0.1) is 25.4 Å². The van der Waals surface area contributed by atoms with Crippen LogP contribution < -0.4 is 0 Å². The molecule has 12 nitrogen and oxygen atoms in total. The lowest BCUT2D eigenvalue weighted by atomic mass is 9.91. The van der Waals surface area contributed by atoms with Crippen molar-refractivity contribution >= 4 is 0 Å². The summed E-state index contributed by atoms with van der Waals surface area (Å²) >= 11 is 0. The van der Waals surface area contributed by atoms with Crippen LogP contribution in [0.25, 0.3) is 0 Å². The Bertz CT molecular complexity index is 1060. The van der Waals surface area contributed by atoms with Crippen LogP contribution in [0.4, 0.5) is 0 Å². The molecule has 5 saturated heterocycles. The summed E-state index contributed by atoms with van der Waals surface area (Å²) in [7, 11) is 0. The molecule has 0 aromatic carbocycles. The second-order valence-electron chi connectivity index (χ2n) is 14.7. The molecule has 2 saturated carbocycles. The highest BCUT2D eigenvalue weighted by Crippen LogP contribution is 2.48. The van der Waals surface area contributed by atoms with Crippen molar-refractivity contribution in [3.8, 4) is 0 Å². The third-order valence-electron chi connectivity index (χ3n) is 10.8. The number of fused-ring (bicyclic) bond motifs is 2. The summed E-state index contributed by atoms with van der Waals surface area (Å²) in [5.41, 5.74) is 0. The lowest BCUT2D eigenvalue weighted by Gasteiger charge is -2.41. The number of rotatable bonds is 7. The predicted molar refractivity (Wildman–Crippen MR) is 168 cm³/mol. The first-order valence-electron chi connectivity index (χ1n) is 17.7. The molecule has 7 aliphatic rings. The monoisotopic (exact) mass is 668 g/mol. The average Bonchev–Trinajstić information content (AvgIpc) is 3.74. The van der Waals surface area contributed by atoms with E-state index in [4.69, 9.17) is 37.9 Å². The Labute approximate surface area is 278 Å². The van der Waals surface area contributed by atoms with Crippen LogP contribution in [0.1, 0.15) is 90.9 Å². The Kier molecular flexibility index (Phi) is 11.2. The maximum Gasteiger partial charge on any atom is 0.169 e. The Morgan fingerprint density at radius 3 is 1.66 bits per heavy atom. The quantitative estimate of drug-likeness (QED) is 0.295. The molecular formula is C35H56O12. The van der Waals surface area contributed by atoms with E-state index in [2.05, 4.69) is 13.2 Å². The summed E-state index contributed by atoms with van der Waals surface area (Å²) in [5, 5.41) is 40.7. The highest BCUT2D eigenvalue weighted by Gasteiger charge is 2.61. The fraction of sp³-hybridized carbons (Fsp3) is 0.886. The van der Waals surface area contributed by atoms with Crippen molar-refractivity contribution in [1.29, 1.82) is 0 Å². The first-order valence-corrected chi connectivity index (χ1v) is 17.7. The lowest BCUT2D eigenvalue weighted by molar-refractivity contribution is -0.227. The van der Waals surface area contributed by atoms with Crippen LogP contribution in [0, 0.1) is 0 Å². The molecule has 0 radical (unpaired) electrons. The molecule has 12 atom stereocenters. The van der Waals surface area contributed by atoms with Gasteiger partial charge in [-0.1, -0.05) is 25.0 Å². The fourth-order valence-corrected chi connectivity index (χ4v) is 8.46. The zero-order chi connectivity index (χ0) is 33.4. The smallest absolute Gasteiger partial charge is 0.169 e. The molecule has 12 heteroatoms. The minimum Gasteiger partial charge on any atom is -0.394 e. The van der Waals surface area contributed by atoms with E-state index < -0.39 is 72.8 Å². The van der Waals surface area contributed by atoms with E-state index in [9.17, 15) is 20.4 Å². The Morgan fingerprint density at radius 2 is 1.17 bits per heavy atom. The molecule has 47 heavy (non-hydrogen) atoms. The van der Waals surface area contributed by atoms with Crippen molar-refractivity contribution in [3.05, 3.63) is 25.3 Å². The average molecular weight is 669 g/mol. The zero-order valence-corrected chi connectivity index (χ0v) is 28.0. The minimum atomic E-state index is -1.06. The van der Waals surface area contributed by atoms with Gasteiger partial charge in [0.1, 0.15) is 61.0 Å². The molecule has 5 aliphatic heterocycles. The van der Waals surface area contributed by atoms with Crippen LogP contribution in [0.5, 0.6) is 0 Å². The van der Waals surface area contributed by atoms with Gasteiger partial charge >= 0.3 is 0 Å². The van der Waals surface area contributed by atoms with Crippen LogP contribution in [0.15, 0.2) is 25.3 Å². The van der Waals surface area contributed by atoms with Gasteiger partial charge in [-0.2, -0.15) is 0 Å². The summed E-state index contributed by atoms with van der Waals surface area (Å²) in [5.74, 6) is -1.88. The van der Waals surface area contributed by atoms with Crippen LogP contribution in [0.3, 0.4) is 0 Å². The molecule has 0 bridgehead atoms. The fourth-order valence-electron chi connectivity index (χ4n) is 8.46. The largest absolute Gasteiger partial charge is 0.394 e. The Hall–Kier alpha value is -1.00. The van der Waals surface area contributed by atoms with Crippen molar-refractivity contribution in [2.45, 2.75) is 182 Å². The molecule has 7 fully saturated rings. The molecule has 0 aromatic heterocycles. The molecular weight excluding hydrogens is 612 g/mol. The molecule has 0 unspecified atom stereocenters. The van der Waals surface area contributed by atoms with Gasteiger partial charge < -0.3 is 58.3 Å². The zero-order valence-electron chi connectivity index (χ0n) is 28.0. The molecule has 4 N–H and O–H groups in total. The number of hydrogen-bond acceptors (Lipinski definition) is 12. The van der Waals surface area contributed by atoms with E-state index in [-0.39, 0.29) is 24.4 Å². The summed E-state index contributed by atoms with van der Waals surface area (Å²) in [6.45, 7) is 11.3. The van der Waals surface area contributed by atoms with Gasteiger partial charge in [-0.15, -0.1) is 13.2 Å². The van der Waals surface area contributed by atoms with E-state index in [0.29, 0.717) is 19.4 Å². The maximum absolute atomic E-state index is 10.8. The van der Waals surface area contributed by atoms with E-state index in [1.165, 1.54) is 6.42 Å². The van der Waals surface area contributed by atoms with Gasteiger partial charge in [-0.05, 0) is 52.4 Å². The SMILES string of the molecule is C=CC[C@@H]1O[C@@H]([C@H](O)CO)[C@H]2OC3(CCCCC3)O[C@H]2[C@H]1O.C=CC[C@@H]1O[C@@H]([C@H]2COC(C)(C)O2)[C@H]2OC3(CCCCC3)O[C@H]2[C@H]1O. The standard InChI is InChI=1S/C19H30O6.C16H26O6/c1-4-8-12-14(20)16-17(25-19(24-16)9-6-5-7-10-19)15(22-12)13-11-21-18(2,3)23-13;1-2-6-11-12(19)14-15(13(20-11)10(18)9-17)22-16(21-14)7-4-3-5-8-16/h4,12-17,20H,1,5-11H2,2-3H3;2,10-15,17-19H,1,3-9H2/t12-,13+,14-,15-,16-,17+;10-,11+,12+,13+,14+,15-/m01/s1. The van der Waals surface area contributed by atoms with Gasteiger partial charge in [0, 0.05) is 25.7 Å². The number of ether oxygens (including phenoxy) is 8. The Balaban J connectivity index is 0.000000166. The Morgan fingerprint density at radius 1 is 0.681 bits per heavy atom. The second-order valence-corrected chi connectivity index (χ2v) is 14.7. The molecule has 5 heterocycles. The lowest BCUT2D eigenvalue weighted by Crippen LogP contribution is -2.59. The molecule has 268 valence electrons.